The number of thioether (sulfide) groups is 1. The van der Waals surface area contributed by atoms with Gasteiger partial charge in [0.05, 0.1) is 18.1 Å². The third-order valence-corrected chi connectivity index (χ3v) is 3.99. The molecule has 23 heavy (non-hydrogen) atoms. The Morgan fingerprint density at radius 3 is 2.74 bits per heavy atom. The molecule has 1 N–H and O–H groups in total. The van der Waals surface area contributed by atoms with E-state index in [0.29, 0.717) is 17.3 Å². The molecule has 0 saturated heterocycles. The normalized spacial score (nSPS) is 10.7. The quantitative estimate of drug-likeness (QED) is 0.670. The summed E-state index contributed by atoms with van der Waals surface area (Å²) in [6, 6.07) is 7.39. The second kappa shape index (κ2) is 7.01. The summed E-state index contributed by atoms with van der Waals surface area (Å²) in [5.74, 6) is 0.554. The average molecular weight is 330 g/mol. The van der Waals surface area contributed by atoms with E-state index < -0.39 is 0 Å². The summed E-state index contributed by atoms with van der Waals surface area (Å²) in [6.07, 6.45) is 3.74. The van der Waals surface area contributed by atoms with Crippen molar-refractivity contribution in [1.29, 1.82) is 0 Å². The van der Waals surface area contributed by atoms with Gasteiger partial charge in [-0.25, -0.2) is 9.36 Å². The molecule has 0 aliphatic rings. The maximum absolute atomic E-state index is 11.9. The van der Waals surface area contributed by atoms with Crippen LogP contribution in [0, 0.1) is 0 Å². The van der Waals surface area contributed by atoms with Crippen LogP contribution in [0.1, 0.15) is 6.42 Å². The van der Waals surface area contributed by atoms with Gasteiger partial charge in [0.25, 0.3) is 0 Å². The average Bonchev–Trinajstić information content (AvgIpc) is 3.20. The second-order valence-corrected chi connectivity index (χ2v) is 5.69. The number of nitrogens with zero attached hydrogens (tertiary/aromatic N) is 7. The lowest BCUT2D eigenvalue weighted by Gasteiger charge is -2.06. The molecule has 1 amide bonds. The van der Waals surface area contributed by atoms with Gasteiger partial charge in [0.15, 0.2) is 0 Å². The van der Waals surface area contributed by atoms with Gasteiger partial charge in [-0.05, 0) is 34.7 Å². The van der Waals surface area contributed by atoms with E-state index in [4.69, 9.17) is 0 Å². The molecule has 0 radical (unpaired) electrons. The Kier molecular flexibility index (Phi) is 4.62. The maximum Gasteiger partial charge on any atom is 0.225 e. The Morgan fingerprint density at radius 1 is 1.26 bits per heavy atom. The SMILES string of the molecule is Cn1nnnc1SCCC(=O)Nc1ccc(-n2ccnn2)cc1. The number of hydrogen-bond donors (Lipinski definition) is 1. The Hall–Kier alpha value is -2.75. The first kappa shape index (κ1) is 15.2. The van der Waals surface area contributed by atoms with Crippen LogP contribution in [0.2, 0.25) is 0 Å². The molecule has 2 aromatic heterocycles. The number of anilines is 1. The zero-order chi connectivity index (χ0) is 16.1. The minimum absolute atomic E-state index is 0.0545. The lowest BCUT2D eigenvalue weighted by Crippen LogP contribution is -2.12. The summed E-state index contributed by atoms with van der Waals surface area (Å²) >= 11 is 1.44. The number of amides is 1. The van der Waals surface area contributed by atoms with E-state index in [1.165, 1.54) is 11.8 Å². The zero-order valence-corrected chi connectivity index (χ0v) is 13.1. The lowest BCUT2D eigenvalue weighted by atomic mass is 10.2. The van der Waals surface area contributed by atoms with Crippen molar-refractivity contribution in [3.63, 3.8) is 0 Å². The molecule has 0 aliphatic carbocycles. The molecular formula is C13H14N8OS. The molecule has 0 atom stereocenters. The van der Waals surface area contributed by atoms with Crippen LogP contribution >= 0.6 is 11.8 Å². The van der Waals surface area contributed by atoms with Crippen LogP contribution in [-0.4, -0.2) is 46.9 Å². The summed E-state index contributed by atoms with van der Waals surface area (Å²) < 4.78 is 3.22. The molecule has 3 aromatic rings. The monoisotopic (exact) mass is 330 g/mol. The van der Waals surface area contributed by atoms with E-state index in [9.17, 15) is 4.79 Å². The molecule has 0 saturated carbocycles. The van der Waals surface area contributed by atoms with E-state index in [-0.39, 0.29) is 5.91 Å². The number of tetrazole rings is 1. The predicted molar refractivity (Wildman–Crippen MR) is 84.1 cm³/mol. The number of rotatable bonds is 6. The highest BCUT2D eigenvalue weighted by atomic mass is 32.2. The van der Waals surface area contributed by atoms with E-state index in [2.05, 4.69) is 31.2 Å². The molecule has 10 heteroatoms. The van der Waals surface area contributed by atoms with Crippen molar-refractivity contribution in [1.82, 2.24) is 35.2 Å². The van der Waals surface area contributed by atoms with E-state index in [1.54, 1.807) is 28.8 Å². The fourth-order valence-electron chi connectivity index (χ4n) is 1.85. The number of benzene rings is 1. The fourth-order valence-corrected chi connectivity index (χ4v) is 2.63. The standard InChI is InChI=1S/C13H14N8OS/c1-20-13(16-17-19-20)23-9-6-12(22)15-10-2-4-11(5-3-10)21-8-7-14-18-21/h2-5,7-8H,6,9H2,1H3,(H,15,22). The Morgan fingerprint density at radius 2 is 2.09 bits per heavy atom. The van der Waals surface area contributed by atoms with Gasteiger partial charge in [0.1, 0.15) is 0 Å². The summed E-state index contributed by atoms with van der Waals surface area (Å²) in [4.78, 5) is 11.9. The smallest absolute Gasteiger partial charge is 0.225 e. The number of aryl methyl sites for hydroxylation is 1. The minimum Gasteiger partial charge on any atom is -0.326 e. The molecule has 3 rings (SSSR count). The molecule has 1 aromatic carbocycles. The van der Waals surface area contributed by atoms with Crippen molar-refractivity contribution in [2.24, 2.45) is 7.05 Å². The van der Waals surface area contributed by atoms with Crippen molar-refractivity contribution >= 4 is 23.4 Å². The summed E-state index contributed by atoms with van der Waals surface area (Å²) in [6.45, 7) is 0. The Bertz CT molecular complexity index is 768. The van der Waals surface area contributed by atoms with Crippen LogP contribution in [-0.2, 0) is 11.8 Å². The number of carbonyl (C=O) groups is 1. The minimum atomic E-state index is -0.0545. The number of aromatic nitrogens is 7. The Labute approximate surface area is 136 Å². The maximum atomic E-state index is 11.9. The number of hydrogen-bond acceptors (Lipinski definition) is 7. The van der Waals surface area contributed by atoms with Crippen molar-refractivity contribution < 1.29 is 4.79 Å². The van der Waals surface area contributed by atoms with Gasteiger partial charge < -0.3 is 5.32 Å². The second-order valence-electron chi connectivity index (χ2n) is 4.63. The van der Waals surface area contributed by atoms with Gasteiger partial charge >= 0.3 is 0 Å². The molecule has 2 heterocycles. The summed E-state index contributed by atoms with van der Waals surface area (Å²) in [7, 11) is 1.76. The van der Waals surface area contributed by atoms with Crippen LogP contribution in [0.3, 0.4) is 0 Å². The van der Waals surface area contributed by atoms with Crippen LogP contribution < -0.4 is 5.32 Å². The van der Waals surface area contributed by atoms with E-state index in [1.807, 2.05) is 24.3 Å². The van der Waals surface area contributed by atoms with E-state index >= 15 is 0 Å². The fraction of sp³-hybridized carbons (Fsp3) is 0.231. The van der Waals surface area contributed by atoms with Crippen LogP contribution in [0.5, 0.6) is 0 Å². The largest absolute Gasteiger partial charge is 0.326 e. The lowest BCUT2D eigenvalue weighted by molar-refractivity contribution is -0.115. The highest BCUT2D eigenvalue weighted by Gasteiger charge is 2.07. The van der Waals surface area contributed by atoms with Gasteiger partial charge in [-0.15, -0.1) is 10.2 Å². The number of carbonyl (C=O) groups excluding carboxylic acids is 1. The van der Waals surface area contributed by atoms with Crippen molar-refractivity contribution in [2.75, 3.05) is 11.1 Å². The Balaban J connectivity index is 1.49. The van der Waals surface area contributed by atoms with Crippen LogP contribution in [0.15, 0.2) is 41.8 Å². The van der Waals surface area contributed by atoms with Gasteiger partial charge in [-0.2, -0.15) is 0 Å². The highest BCUT2D eigenvalue weighted by Crippen LogP contribution is 2.15. The van der Waals surface area contributed by atoms with Gasteiger partial charge in [0.2, 0.25) is 11.1 Å². The molecule has 0 bridgehead atoms. The van der Waals surface area contributed by atoms with Crippen LogP contribution in [0.4, 0.5) is 5.69 Å². The van der Waals surface area contributed by atoms with Crippen molar-refractivity contribution in [2.45, 2.75) is 11.6 Å². The molecule has 0 spiro atoms. The molecule has 9 nitrogen and oxygen atoms in total. The van der Waals surface area contributed by atoms with Gasteiger partial charge in [0, 0.05) is 24.9 Å². The topological polar surface area (TPSA) is 103 Å². The van der Waals surface area contributed by atoms with Gasteiger partial charge in [-0.1, -0.05) is 17.0 Å². The molecule has 0 fully saturated rings. The number of nitrogens with one attached hydrogen (secondary N) is 1. The third-order valence-electron chi connectivity index (χ3n) is 2.98. The molecular weight excluding hydrogens is 316 g/mol. The first-order valence-corrected chi connectivity index (χ1v) is 7.83. The molecule has 0 aliphatic heterocycles. The first-order valence-electron chi connectivity index (χ1n) is 6.84. The molecule has 118 valence electrons. The van der Waals surface area contributed by atoms with Crippen molar-refractivity contribution in [3.05, 3.63) is 36.7 Å². The summed E-state index contributed by atoms with van der Waals surface area (Å²) in [5.41, 5.74) is 1.62. The van der Waals surface area contributed by atoms with Crippen LogP contribution in [0.25, 0.3) is 5.69 Å². The third kappa shape index (κ3) is 3.92. The highest BCUT2D eigenvalue weighted by molar-refractivity contribution is 7.99. The van der Waals surface area contributed by atoms with Crippen molar-refractivity contribution in [3.8, 4) is 5.69 Å². The van der Waals surface area contributed by atoms with Gasteiger partial charge in [-0.3, -0.25) is 4.79 Å². The predicted octanol–water partition coefficient (Wildman–Crippen LogP) is 0.912. The first-order chi connectivity index (χ1) is 11.2. The van der Waals surface area contributed by atoms with E-state index in [0.717, 1.165) is 11.4 Å². The summed E-state index contributed by atoms with van der Waals surface area (Å²) in [5, 5.41) is 22.3. The molecule has 0 unspecified atom stereocenters. The zero-order valence-electron chi connectivity index (χ0n) is 12.3.